The number of hydrogen-bond donors (Lipinski definition) is 0. The Labute approximate surface area is 834 Å². The van der Waals surface area contributed by atoms with E-state index in [4.69, 9.17) is 0 Å². The van der Waals surface area contributed by atoms with Gasteiger partial charge in [-0.3, -0.25) is 0 Å². The van der Waals surface area contributed by atoms with Crippen LogP contribution in [0.5, 0.6) is 0 Å². The van der Waals surface area contributed by atoms with Crippen LogP contribution in [0, 0.1) is 0 Å². The fraction of sp³-hybridized carbons (Fsp3) is 0. The SMILES string of the molecule is c1cc(-c2ccc(-c3ccc4c5ccccc5c5ccccc5c4c3)cc2)c2sc3c(ccc4c5ccccc5c5ccccc5c43)c2c1.c1cc(-c2ccc3cc(-c4ccc5ccccc5c4)ccc3c2)cc(-c2ccc3sc4c(ccc5c6ccccc6c6ccccc6c54)c3c2)c1.c1ccc2c(c1)c1ccccc1c1cc(-c3ccc4sc5c(ccc6c7ccccc7c7ccccc7c65)c4c3)ccc21. The van der Waals surface area contributed by atoms with E-state index in [2.05, 4.69) is 497 Å². The largest absolute Gasteiger partial charge is 0.135 e. The maximum Gasteiger partial charge on any atom is 0.0440 e. The number of thiophene rings is 3. The zero-order valence-electron chi connectivity index (χ0n) is 77.6. The molecule has 0 aliphatic heterocycles. The first-order valence-electron chi connectivity index (χ1n) is 49.4. The van der Waals surface area contributed by atoms with Crippen LogP contribution in [0.2, 0.25) is 0 Å². The molecular weight excluding hydrogens is 1780 g/mol. The normalized spacial score (nSPS) is 12.1. The quantitative estimate of drug-likeness (QED) is 0.146. The van der Waals surface area contributed by atoms with Crippen LogP contribution in [0.25, 0.3) is 310 Å². The molecule has 0 nitrogen and oxygen atoms in total. The third kappa shape index (κ3) is 13.0. The number of benzene rings is 29. The molecule has 660 valence electrons. The summed E-state index contributed by atoms with van der Waals surface area (Å²) >= 11 is 5.78. The van der Waals surface area contributed by atoms with E-state index < -0.39 is 0 Å². The van der Waals surface area contributed by atoms with Crippen molar-refractivity contribution < 1.29 is 0 Å². The molecule has 3 heterocycles. The highest BCUT2D eigenvalue weighted by Gasteiger charge is 2.23. The van der Waals surface area contributed by atoms with E-state index in [0.717, 1.165) is 0 Å². The molecule has 0 N–H and O–H groups in total. The van der Waals surface area contributed by atoms with Gasteiger partial charge in [-0.2, -0.15) is 0 Å². The summed E-state index contributed by atoms with van der Waals surface area (Å²) in [5, 5.41) is 52.8. The van der Waals surface area contributed by atoms with Gasteiger partial charge < -0.3 is 0 Å². The van der Waals surface area contributed by atoms with Crippen LogP contribution < -0.4 is 0 Å². The Hall–Kier alpha value is -17.5. The van der Waals surface area contributed by atoms with E-state index in [1.807, 2.05) is 34.0 Å². The lowest BCUT2D eigenvalue weighted by Gasteiger charge is -2.12. The lowest BCUT2D eigenvalue weighted by molar-refractivity contribution is 1.61. The van der Waals surface area contributed by atoms with Gasteiger partial charge >= 0.3 is 0 Å². The van der Waals surface area contributed by atoms with Crippen LogP contribution in [0.15, 0.2) is 497 Å². The van der Waals surface area contributed by atoms with Gasteiger partial charge in [-0.25, -0.2) is 0 Å². The summed E-state index contributed by atoms with van der Waals surface area (Å²) in [5.41, 5.74) is 15.0. The molecule has 0 aliphatic rings. The van der Waals surface area contributed by atoms with E-state index >= 15 is 0 Å². The summed E-state index contributed by atoms with van der Waals surface area (Å²) in [4.78, 5) is 0. The summed E-state index contributed by atoms with van der Waals surface area (Å²) in [7, 11) is 0. The molecule has 0 saturated carbocycles. The van der Waals surface area contributed by atoms with E-state index in [0.29, 0.717) is 0 Å². The second-order valence-electron chi connectivity index (χ2n) is 38.5. The van der Waals surface area contributed by atoms with Gasteiger partial charge in [0, 0.05) is 76.7 Å². The highest BCUT2D eigenvalue weighted by Crippen LogP contribution is 2.52. The molecule has 0 unspecified atom stereocenters. The second kappa shape index (κ2) is 32.5. The van der Waals surface area contributed by atoms with Crippen molar-refractivity contribution in [3.8, 4) is 66.8 Å². The predicted octanol–water partition coefficient (Wildman–Crippen LogP) is 41.8. The summed E-state index contributed by atoms with van der Waals surface area (Å²) in [6, 6.07) is 185. The van der Waals surface area contributed by atoms with Gasteiger partial charge in [0.2, 0.25) is 0 Å². The van der Waals surface area contributed by atoms with Crippen molar-refractivity contribution in [1.29, 1.82) is 0 Å². The molecule has 143 heavy (non-hydrogen) atoms. The third-order valence-corrected chi connectivity index (χ3v) is 34.5. The minimum Gasteiger partial charge on any atom is -0.135 e. The first kappa shape index (κ1) is 81.5. The lowest BCUT2D eigenvalue weighted by atomic mass is 9.91. The molecule has 0 bridgehead atoms. The summed E-state index contributed by atoms with van der Waals surface area (Å²) in [6.07, 6.45) is 0. The Kier molecular flexibility index (Phi) is 18.5. The van der Waals surface area contributed by atoms with Crippen LogP contribution >= 0.6 is 34.0 Å². The number of hydrogen-bond acceptors (Lipinski definition) is 3. The van der Waals surface area contributed by atoms with Gasteiger partial charge in [0.25, 0.3) is 0 Å². The molecule has 0 aliphatic carbocycles. The molecule has 3 heteroatoms. The topological polar surface area (TPSA) is 0 Å². The summed E-state index contributed by atoms with van der Waals surface area (Å²) < 4.78 is 8.12. The summed E-state index contributed by atoms with van der Waals surface area (Å²) in [5.74, 6) is 0. The van der Waals surface area contributed by atoms with Gasteiger partial charge in [0.1, 0.15) is 0 Å². The van der Waals surface area contributed by atoms with Crippen molar-refractivity contribution in [2.75, 3.05) is 0 Å². The highest BCUT2D eigenvalue weighted by atomic mass is 32.1. The molecule has 0 amide bonds. The molecule has 0 atom stereocenters. The molecule has 29 aromatic carbocycles. The van der Waals surface area contributed by atoms with Crippen molar-refractivity contribution >= 4 is 278 Å². The van der Waals surface area contributed by atoms with Crippen LogP contribution in [0.3, 0.4) is 0 Å². The molecule has 3 aromatic heterocycles. The number of fused-ring (bicyclic) bond motifs is 44. The number of rotatable bonds is 6. The van der Waals surface area contributed by atoms with Gasteiger partial charge in [0.05, 0.1) is 0 Å². The van der Waals surface area contributed by atoms with E-state index in [1.165, 1.54) is 310 Å². The van der Waals surface area contributed by atoms with Crippen molar-refractivity contribution in [2.45, 2.75) is 0 Å². The first-order valence-corrected chi connectivity index (χ1v) is 51.8. The van der Waals surface area contributed by atoms with Gasteiger partial charge in [-0.15, -0.1) is 34.0 Å². The molecule has 0 spiro atoms. The van der Waals surface area contributed by atoms with Crippen molar-refractivity contribution in [2.24, 2.45) is 0 Å². The van der Waals surface area contributed by atoms with Crippen LogP contribution in [0.1, 0.15) is 0 Å². The molecule has 32 aromatic rings. The Morgan fingerprint density at radius 3 is 0.685 bits per heavy atom. The maximum absolute atomic E-state index is 2.41. The average Bonchev–Trinajstić information content (AvgIpc) is 1.61. The Morgan fingerprint density at radius 2 is 0.308 bits per heavy atom. The van der Waals surface area contributed by atoms with Gasteiger partial charge in [-0.1, -0.05) is 437 Å². The van der Waals surface area contributed by atoms with Crippen LogP contribution in [-0.2, 0) is 0 Å². The highest BCUT2D eigenvalue weighted by molar-refractivity contribution is 7.28. The van der Waals surface area contributed by atoms with E-state index in [9.17, 15) is 0 Å². The van der Waals surface area contributed by atoms with Crippen LogP contribution in [-0.4, -0.2) is 0 Å². The monoisotopic (exact) mass is 1860 g/mol. The van der Waals surface area contributed by atoms with Crippen molar-refractivity contribution in [1.82, 2.24) is 0 Å². The fourth-order valence-corrected chi connectivity index (χ4v) is 28.0. The van der Waals surface area contributed by atoms with Gasteiger partial charge in [0.15, 0.2) is 0 Å². The molecule has 0 fully saturated rings. The molecular formula is C140H82S3. The Balaban J connectivity index is 0.000000100. The third-order valence-electron chi connectivity index (χ3n) is 30.9. The van der Waals surface area contributed by atoms with Gasteiger partial charge in [-0.05, 0) is 294 Å². The lowest BCUT2D eigenvalue weighted by Crippen LogP contribution is -1.85. The molecule has 32 rings (SSSR count). The second-order valence-corrected chi connectivity index (χ2v) is 41.6. The zero-order valence-corrected chi connectivity index (χ0v) is 80.0. The van der Waals surface area contributed by atoms with Crippen molar-refractivity contribution in [3.63, 3.8) is 0 Å². The average molecular weight is 1860 g/mol. The summed E-state index contributed by atoms with van der Waals surface area (Å²) in [6.45, 7) is 0. The van der Waals surface area contributed by atoms with E-state index in [1.54, 1.807) is 0 Å². The predicted molar refractivity (Wildman–Crippen MR) is 628 cm³/mol. The molecule has 0 saturated heterocycles. The van der Waals surface area contributed by atoms with Crippen LogP contribution in [0.4, 0.5) is 0 Å². The fourth-order valence-electron chi connectivity index (χ4n) is 24.1. The Bertz CT molecular complexity index is 10900. The smallest absolute Gasteiger partial charge is 0.0440 e. The minimum absolute atomic E-state index is 1.23. The van der Waals surface area contributed by atoms with E-state index in [-0.39, 0.29) is 0 Å². The maximum atomic E-state index is 2.41. The first-order chi connectivity index (χ1) is 70.9. The minimum atomic E-state index is 1.23. The Morgan fingerprint density at radius 1 is 0.0979 bits per heavy atom. The zero-order chi connectivity index (χ0) is 93.6. The van der Waals surface area contributed by atoms with Crippen molar-refractivity contribution in [3.05, 3.63) is 497 Å². The molecule has 0 radical (unpaired) electrons. The standard InChI is InChI=1S/C50H30S.C48H28S.C42H24S/c1-2-9-32-26-36(17-16-31(32)8-1)38-21-20-37-28-35(18-19-39(37)29-38)33-10-7-11-34(27-33)40-22-25-48-47(30-40)46-24-23-45-43-14-4-3-12-41(43)42-13-5-6-15-44(42)49(45)50(46)51-48;1-2-12-35-33(10-1)34-11-4-6-16-39(34)45-28-31(24-25-40(35)45)29-20-22-30(23-21-29)32-18-9-19-43-44-27-26-42-38-15-5-3-13-36(38)37-14-7-8-17-41(37)46(42)48(44)49-47(32)43;1-2-11-29-27(9-1)28-10-4-6-15-33(28)38-23-25(17-19-34(29)38)26-18-22-40-39(24-26)37-21-20-36-32-14-5-3-12-30(32)31-13-7-8-16-35(31)41(36)42(37)43-40/h1-30H;1-28H;1-24H.